The first-order valence-electron chi connectivity index (χ1n) is 51.3. The molecule has 8 heterocycles. The van der Waals surface area contributed by atoms with E-state index >= 15 is 0 Å². The lowest BCUT2D eigenvalue weighted by molar-refractivity contribution is -0.142. The van der Waals surface area contributed by atoms with E-state index in [2.05, 4.69) is 68.5 Å². The molecule has 4 aliphatic carbocycles. The standard InChI is InChI=1S/C28H38BrN3O3.C27H37ClN4O3.C27H35ClN4O2.C27H35FN4O2/c1-18(30-3)27(34)15-23(20-8-5-4-6-9-20)28(35)32-13-7-10-22(32)16-31-17-25(19(2)33)24-14-21(29)11-12-26(24)31;1-17(29-3)25(34)15-22(19-8-5-4-6-9-19)27(35)31-13-7-10-21(31)16-32-24-12-11-20(28)14-23(24)26(30-32)18(2)33;2*1-18(30-2)26(33)14-24(19-7-4-3-5-8-19)27(34)32-12-6-9-22(32)17-31-16-20(15-29)23-13-21(28)10-11-25(23)31/h11-12,14,17-18,20,22-23,30H,4-10,13,15-16H2,1-3H3;11-12,14,17,19,21-22,29H,4-10,13,15-16H2,1-3H3;2*10-11,13,16,18-19,22,24,30H,3-9,12,14,17H2,1-2H3/t18-,22-,23-;17-,21-,22-;2*18-,22-,24-/m0000/s1. The molecule has 0 bridgehead atoms. The van der Waals surface area contributed by atoms with Gasteiger partial charge >= 0.3 is 0 Å². The summed E-state index contributed by atoms with van der Waals surface area (Å²) < 4.78 is 22.8. The number of likely N-dealkylation sites (tertiary alicyclic amines) is 4. The summed E-state index contributed by atoms with van der Waals surface area (Å²) in [6.07, 6.45) is 36.3. The summed E-state index contributed by atoms with van der Waals surface area (Å²) in [7, 11) is 7.15. The highest BCUT2D eigenvalue weighted by atomic mass is 79.9. The van der Waals surface area contributed by atoms with Crippen LogP contribution in [0, 0.1) is 75.8 Å². The van der Waals surface area contributed by atoms with Crippen molar-refractivity contribution in [3.05, 3.63) is 134 Å². The third-order valence-electron chi connectivity index (χ3n) is 31.9. The van der Waals surface area contributed by atoms with Crippen LogP contribution < -0.4 is 21.3 Å². The third-order valence-corrected chi connectivity index (χ3v) is 32.9. The number of rotatable bonds is 34. The van der Waals surface area contributed by atoms with Crippen molar-refractivity contribution in [2.24, 2.45) is 47.3 Å². The Morgan fingerprint density at radius 1 is 0.391 bits per heavy atom. The summed E-state index contributed by atoms with van der Waals surface area (Å²) in [5.74, 6) is 0.638. The number of nitriles is 2. The van der Waals surface area contributed by atoms with Gasteiger partial charge in [-0.05, 0) is 262 Å². The Morgan fingerprint density at radius 3 is 1.04 bits per heavy atom. The van der Waals surface area contributed by atoms with E-state index in [1.165, 1.54) is 44.7 Å². The smallest absolute Gasteiger partial charge is 0.226 e. The van der Waals surface area contributed by atoms with Gasteiger partial charge in [-0.1, -0.05) is 116 Å². The van der Waals surface area contributed by atoms with Gasteiger partial charge in [0.25, 0.3) is 0 Å². The van der Waals surface area contributed by atoms with Crippen molar-refractivity contribution in [2.75, 3.05) is 54.4 Å². The van der Waals surface area contributed by atoms with E-state index in [-0.39, 0.29) is 154 Å². The number of carbonyl (C=O) groups excluding carboxylic acids is 10. The Labute approximate surface area is 832 Å². The molecule has 0 unspecified atom stereocenters. The first kappa shape index (κ1) is 106. The molecule has 29 heteroatoms. The summed E-state index contributed by atoms with van der Waals surface area (Å²) in [5, 5.41) is 40.2. The predicted octanol–water partition coefficient (Wildman–Crippen LogP) is 19.3. The van der Waals surface area contributed by atoms with Crippen LogP contribution in [0.3, 0.4) is 0 Å². The van der Waals surface area contributed by atoms with Crippen LogP contribution >= 0.6 is 39.1 Å². The van der Waals surface area contributed by atoms with Gasteiger partial charge in [0.1, 0.15) is 46.8 Å². The van der Waals surface area contributed by atoms with E-state index in [0.717, 1.165) is 210 Å². The lowest BCUT2D eigenvalue weighted by Crippen LogP contribution is -2.45. The van der Waals surface area contributed by atoms with Crippen LogP contribution in [0.2, 0.25) is 10.0 Å². The van der Waals surface area contributed by atoms with Gasteiger partial charge < -0.3 is 54.6 Å². The number of ketones is 6. The molecule has 8 aromatic rings. The Balaban J connectivity index is 0.000000155. The molecular weight excluding hydrogens is 1850 g/mol. The number of carbonyl (C=O) groups is 10. The third kappa shape index (κ3) is 25.8. The minimum absolute atomic E-state index is 0.00242. The van der Waals surface area contributed by atoms with E-state index in [1.54, 1.807) is 59.5 Å². The van der Waals surface area contributed by atoms with Crippen LogP contribution in [-0.2, 0) is 64.5 Å². The van der Waals surface area contributed by atoms with Gasteiger partial charge in [-0.25, -0.2) is 4.39 Å². The second-order valence-electron chi connectivity index (χ2n) is 40.7. The lowest BCUT2D eigenvalue weighted by Gasteiger charge is -2.35. The second-order valence-corrected chi connectivity index (χ2v) is 42.4. The van der Waals surface area contributed by atoms with Gasteiger partial charge in [0.2, 0.25) is 23.6 Å². The van der Waals surface area contributed by atoms with Crippen LogP contribution in [0.4, 0.5) is 4.39 Å². The Bertz CT molecular complexity index is 5380. The number of nitrogens with zero attached hydrogens (tertiary/aromatic N) is 11. The molecule has 0 radical (unpaired) electrons. The fourth-order valence-electron chi connectivity index (χ4n) is 23.5. The molecule has 4 aromatic heterocycles. The molecule has 4 aromatic carbocycles. The van der Waals surface area contributed by atoms with Crippen molar-refractivity contribution >= 4 is 141 Å². The summed E-state index contributed by atoms with van der Waals surface area (Å²) in [6.45, 7) is 15.9. The number of aromatic nitrogens is 5. The molecule has 4 N–H and O–H groups in total. The number of benzene rings is 4. The number of nitrogens with one attached hydrogen (secondary N) is 4. The van der Waals surface area contributed by atoms with E-state index in [4.69, 9.17) is 23.2 Å². The molecule has 4 saturated carbocycles. The van der Waals surface area contributed by atoms with E-state index in [0.29, 0.717) is 109 Å². The van der Waals surface area contributed by atoms with Crippen molar-refractivity contribution in [1.82, 2.24) is 64.3 Å². The number of hydrogen-bond donors (Lipinski definition) is 4. The van der Waals surface area contributed by atoms with Gasteiger partial charge in [0.05, 0.1) is 53.4 Å². The maximum Gasteiger partial charge on any atom is 0.226 e. The molecular formula is C109H145BrCl2FN15O10. The van der Waals surface area contributed by atoms with Crippen LogP contribution in [0.15, 0.2) is 95.9 Å². The quantitative estimate of drug-likeness (QED) is 0.0272. The monoisotopic (exact) mass is 1990 g/mol. The zero-order valence-electron chi connectivity index (χ0n) is 82.7. The van der Waals surface area contributed by atoms with Crippen molar-refractivity contribution in [2.45, 2.75) is 322 Å². The first-order chi connectivity index (χ1) is 66.4. The SMILES string of the molecule is CN[C@@H](C)C(=O)C[C@H](C(=O)N1CCC[C@H]1Cn1cc(C#N)c2cc(Cl)ccc21)C1CCCCC1.CN[C@@H](C)C(=O)C[C@H](C(=O)N1CCC[C@H]1Cn1cc(C#N)c2cc(F)ccc21)C1CCCCC1.CN[C@@H](C)C(=O)C[C@H](C(=O)N1CCC[C@H]1Cn1cc(C(C)=O)c2cc(Br)ccc21)C1CCCCC1.CN[C@@H](C)C(=O)C[C@H](C(=O)N1CCC[C@H]1Cn1nc(C(C)=O)c2cc(Cl)ccc21)C1CCCCC1. The van der Waals surface area contributed by atoms with Gasteiger partial charge in [0.15, 0.2) is 11.6 Å². The number of amides is 4. The number of halogens is 4. The second kappa shape index (κ2) is 49.9. The molecule has 0 spiro atoms. The molecule has 16 rings (SSSR count). The maximum absolute atomic E-state index is 14.0. The molecule has 744 valence electrons. The van der Waals surface area contributed by atoms with E-state index in [1.807, 2.05) is 107 Å². The average molecular weight is 2000 g/mol. The van der Waals surface area contributed by atoms with Crippen LogP contribution in [0.1, 0.15) is 279 Å². The Kier molecular flexibility index (Phi) is 38.3. The highest BCUT2D eigenvalue weighted by Gasteiger charge is 2.45. The maximum atomic E-state index is 14.0. The Hall–Kier alpha value is -9.32. The highest BCUT2D eigenvalue weighted by Crippen LogP contribution is 2.43. The first-order valence-corrected chi connectivity index (χ1v) is 52.8. The molecule has 138 heavy (non-hydrogen) atoms. The Morgan fingerprint density at radius 2 is 0.703 bits per heavy atom. The topological polar surface area (TPSA) is 312 Å². The average Bonchev–Trinajstić information content (AvgIpc) is 1.64. The summed E-state index contributed by atoms with van der Waals surface area (Å²) >= 11 is 15.9. The summed E-state index contributed by atoms with van der Waals surface area (Å²) in [6, 6.07) is 25.2. The number of hydrogen-bond acceptors (Lipinski definition) is 17. The summed E-state index contributed by atoms with van der Waals surface area (Å²) in [4.78, 5) is 140. The number of fused-ring (bicyclic) bond motifs is 4. The molecule has 25 nitrogen and oxygen atoms in total. The molecule has 4 aliphatic heterocycles. The highest BCUT2D eigenvalue weighted by molar-refractivity contribution is 9.10. The molecule has 8 aliphatic rings. The van der Waals surface area contributed by atoms with E-state index in [9.17, 15) is 62.9 Å². The largest absolute Gasteiger partial charge is 0.345 e. The van der Waals surface area contributed by atoms with Gasteiger partial charge in [0, 0.05) is 197 Å². The molecule has 4 saturated heterocycles. The zero-order valence-corrected chi connectivity index (χ0v) is 85.8. The summed E-state index contributed by atoms with van der Waals surface area (Å²) in [5.41, 5.74) is 5.78. The van der Waals surface area contributed by atoms with Gasteiger partial charge in [-0.15, -0.1) is 0 Å². The van der Waals surface area contributed by atoms with E-state index < -0.39 is 0 Å². The lowest BCUT2D eigenvalue weighted by atomic mass is 9.76. The van der Waals surface area contributed by atoms with Crippen molar-refractivity contribution in [1.29, 1.82) is 10.5 Å². The molecule has 12 atom stereocenters. The fourth-order valence-corrected chi connectivity index (χ4v) is 24.2. The predicted molar refractivity (Wildman–Crippen MR) is 544 cm³/mol. The minimum Gasteiger partial charge on any atom is -0.345 e. The van der Waals surface area contributed by atoms with Gasteiger partial charge in [-0.3, -0.25) is 52.6 Å². The fraction of sp³-hybridized carbons (Fsp3) is 0.606. The minimum atomic E-state index is -0.366. The van der Waals surface area contributed by atoms with Crippen LogP contribution in [0.25, 0.3) is 43.6 Å². The van der Waals surface area contributed by atoms with Crippen molar-refractivity contribution in [3.63, 3.8) is 0 Å². The number of likely N-dealkylation sites (N-methyl/N-ethyl adjacent to an activating group) is 4. The van der Waals surface area contributed by atoms with Crippen molar-refractivity contribution < 1.29 is 52.3 Å². The van der Waals surface area contributed by atoms with Crippen LogP contribution in [0.5, 0.6) is 0 Å². The zero-order chi connectivity index (χ0) is 98.7. The van der Waals surface area contributed by atoms with Gasteiger partial charge in [-0.2, -0.15) is 15.6 Å². The normalized spacial score (nSPS) is 20.8. The molecule has 8 fully saturated rings. The van der Waals surface area contributed by atoms with Crippen molar-refractivity contribution in [3.8, 4) is 12.1 Å². The van der Waals surface area contributed by atoms with Crippen LogP contribution in [-0.4, -0.2) is 204 Å². The number of Topliss-reactive ketones (excluding diaryl/α,β-unsaturated/α-hetero) is 6. The molecule has 4 amide bonds.